The van der Waals surface area contributed by atoms with Gasteiger partial charge in [-0.3, -0.25) is 4.79 Å². The molecule has 12 heavy (non-hydrogen) atoms. The summed E-state index contributed by atoms with van der Waals surface area (Å²) in [6, 6.07) is 0. The van der Waals surface area contributed by atoms with Crippen molar-refractivity contribution in [3.63, 3.8) is 0 Å². The van der Waals surface area contributed by atoms with E-state index in [0.717, 1.165) is 12.8 Å². The Morgan fingerprint density at radius 1 is 1.42 bits per heavy atom. The van der Waals surface area contributed by atoms with Crippen LogP contribution in [0, 0.1) is 11.3 Å². The Labute approximate surface area is 80.8 Å². The van der Waals surface area contributed by atoms with Crippen molar-refractivity contribution in [2.45, 2.75) is 30.5 Å². The van der Waals surface area contributed by atoms with Gasteiger partial charge in [-0.15, -0.1) is 0 Å². The quantitative estimate of drug-likeness (QED) is 0.512. The van der Waals surface area contributed by atoms with Gasteiger partial charge in [0, 0.05) is 4.83 Å². The van der Waals surface area contributed by atoms with Crippen LogP contribution in [0.1, 0.15) is 25.7 Å². The molecule has 2 aliphatic rings. The molecule has 2 aliphatic carbocycles. The molecule has 0 amide bonds. The summed E-state index contributed by atoms with van der Waals surface area (Å²) < 4.78 is 4.69. The van der Waals surface area contributed by atoms with Crippen LogP contribution in [0.2, 0.25) is 0 Å². The monoisotopic (exact) mass is 232 g/mol. The lowest BCUT2D eigenvalue weighted by Gasteiger charge is -2.55. The van der Waals surface area contributed by atoms with Gasteiger partial charge in [0.05, 0.1) is 13.0 Å². The largest absolute Gasteiger partial charge is 0.469 e. The van der Waals surface area contributed by atoms with Crippen LogP contribution < -0.4 is 0 Å². The maximum atomic E-state index is 11.1. The van der Waals surface area contributed by atoms with Crippen molar-refractivity contribution in [3.8, 4) is 0 Å². The van der Waals surface area contributed by atoms with E-state index < -0.39 is 0 Å². The summed E-state index contributed by atoms with van der Waals surface area (Å²) in [5, 5.41) is 0. The van der Waals surface area contributed by atoms with Crippen LogP contribution in [0.25, 0.3) is 0 Å². The first-order chi connectivity index (χ1) is 5.65. The molecule has 0 aromatic carbocycles. The molecule has 2 fully saturated rings. The summed E-state index contributed by atoms with van der Waals surface area (Å²) in [6.07, 6.45) is 4.62. The van der Waals surface area contributed by atoms with E-state index in [2.05, 4.69) is 15.9 Å². The van der Waals surface area contributed by atoms with Crippen molar-refractivity contribution in [3.05, 3.63) is 0 Å². The molecule has 3 heteroatoms. The Hall–Kier alpha value is -0.0500. The SMILES string of the molecule is COC(=O)C1CC2(CC(Br)C2)C1. The second-order valence-corrected chi connectivity index (χ2v) is 5.43. The van der Waals surface area contributed by atoms with Crippen LogP contribution in [0.4, 0.5) is 0 Å². The topological polar surface area (TPSA) is 26.3 Å². The van der Waals surface area contributed by atoms with Crippen LogP contribution in [0.5, 0.6) is 0 Å². The van der Waals surface area contributed by atoms with Gasteiger partial charge >= 0.3 is 5.97 Å². The number of rotatable bonds is 1. The molecule has 0 aromatic heterocycles. The Balaban J connectivity index is 1.81. The molecule has 1 spiro atoms. The third-order valence-corrected chi connectivity index (χ3v) is 3.85. The minimum Gasteiger partial charge on any atom is -0.469 e. The lowest BCUT2D eigenvalue weighted by atomic mass is 9.52. The van der Waals surface area contributed by atoms with E-state index in [1.807, 2.05) is 0 Å². The number of methoxy groups -OCH3 is 1. The predicted molar refractivity (Wildman–Crippen MR) is 49.1 cm³/mol. The fourth-order valence-corrected chi connectivity index (χ4v) is 3.91. The first-order valence-corrected chi connectivity index (χ1v) is 5.29. The molecule has 0 saturated heterocycles. The van der Waals surface area contributed by atoms with Gasteiger partial charge in [-0.25, -0.2) is 0 Å². The highest BCUT2D eigenvalue weighted by molar-refractivity contribution is 9.09. The fraction of sp³-hybridized carbons (Fsp3) is 0.889. The number of ether oxygens (including phenoxy) is 1. The van der Waals surface area contributed by atoms with Crippen LogP contribution in [0.15, 0.2) is 0 Å². The van der Waals surface area contributed by atoms with Crippen LogP contribution in [-0.2, 0) is 9.53 Å². The third-order valence-electron chi connectivity index (χ3n) is 3.20. The maximum Gasteiger partial charge on any atom is 0.308 e. The standard InChI is InChI=1S/C9H13BrO2/c1-12-8(11)6-2-9(3-6)4-7(10)5-9/h6-7H,2-5H2,1H3. The average molecular weight is 233 g/mol. The zero-order chi connectivity index (χ0) is 8.77. The molecule has 2 saturated carbocycles. The van der Waals surface area contributed by atoms with Crippen molar-refractivity contribution < 1.29 is 9.53 Å². The lowest BCUT2D eigenvalue weighted by Crippen LogP contribution is -2.50. The first kappa shape index (κ1) is 8.54. The maximum absolute atomic E-state index is 11.1. The lowest BCUT2D eigenvalue weighted by molar-refractivity contribution is -0.157. The molecule has 2 nitrogen and oxygen atoms in total. The highest BCUT2D eigenvalue weighted by atomic mass is 79.9. The van der Waals surface area contributed by atoms with Gasteiger partial charge in [0.25, 0.3) is 0 Å². The number of alkyl halides is 1. The summed E-state index contributed by atoms with van der Waals surface area (Å²) in [4.78, 5) is 11.8. The van der Waals surface area contributed by atoms with E-state index in [9.17, 15) is 4.79 Å². The van der Waals surface area contributed by atoms with Crippen molar-refractivity contribution in [2.24, 2.45) is 11.3 Å². The second-order valence-electron chi connectivity index (χ2n) is 4.13. The highest BCUT2D eigenvalue weighted by Gasteiger charge is 2.54. The Bertz CT molecular complexity index is 201. The minimum absolute atomic E-state index is 0.0151. The minimum atomic E-state index is -0.0151. The summed E-state index contributed by atoms with van der Waals surface area (Å²) in [5.41, 5.74) is 0.521. The third kappa shape index (κ3) is 1.18. The normalized spacial score (nSPS) is 44.8. The molecule has 0 aliphatic heterocycles. The molecule has 68 valence electrons. The summed E-state index contributed by atoms with van der Waals surface area (Å²) in [6.45, 7) is 0. The van der Waals surface area contributed by atoms with Gasteiger partial charge < -0.3 is 4.74 Å². The van der Waals surface area contributed by atoms with E-state index in [-0.39, 0.29) is 11.9 Å². The zero-order valence-electron chi connectivity index (χ0n) is 7.18. The molecule has 2 rings (SSSR count). The molecule has 0 atom stereocenters. The van der Waals surface area contributed by atoms with Crippen molar-refractivity contribution in [2.75, 3.05) is 7.11 Å². The number of halogens is 1. The Kier molecular flexibility index (Phi) is 1.94. The number of esters is 1. The van der Waals surface area contributed by atoms with E-state index in [4.69, 9.17) is 4.74 Å². The smallest absolute Gasteiger partial charge is 0.308 e. The molecule has 0 heterocycles. The van der Waals surface area contributed by atoms with Crippen LogP contribution in [0.3, 0.4) is 0 Å². The van der Waals surface area contributed by atoms with Crippen molar-refractivity contribution >= 4 is 21.9 Å². The molecular formula is C9H13BrO2. The number of carbonyl (C=O) groups is 1. The fourth-order valence-electron chi connectivity index (χ4n) is 2.53. The van der Waals surface area contributed by atoms with Gasteiger partial charge in [0.1, 0.15) is 0 Å². The molecule has 0 unspecified atom stereocenters. The summed E-state index contributed by atoms with van der Waals surface area (Å²) in [5.74, 6) is 0.189. The molecule has 0 N–H and O–H groups in total. The molecule has 0 bridgehead atoms. The summed E-state index contributed by atoms with van der Waals surface area (Å²) >= 11 is 3.57. The first-order valence-electron chi connectivity index (χ1n) is 4.37. The molecular weight excluding hydrogens is 220 g/mol. The molecule has 0 radical (unpaired) electrons. The number of carbonyl (C=O) groups excluding carboxylic acids is 1. The van der Waals surface area contributed by atoms with Crippen molar-refractivity contribution in [1.29, 1.82) is 0 Å². The Morgan fingerprint density at radius 3 is 2.42 bits per heavy atom. The van der Waals surface area contributed by atoms with E-state index >= 15 is 0 Å². The van der Waals surface area contributed by atoms with E-state index in [1.54, 1.807) is 0 Å². The zero-order valence-corrected chi connectivity index (χ0v) is 8.76. The Morgan fingerprint density at radius 2 is 2.00 bits per heavy atom. The van der Waals surface area contributed by atoms with Gasteiger partial charge in [0.2, 0.25) is 0 Å². The van der Waals surface area contributed by atoms with Gasteiger partial charge in [-0.1, -0.05) is 15.9 Å². The molecule has 0 aromatic rings. The second kappa shape index (κ2) is 2.72. The van der Waals surface area contributed by atoms with Crippen molar-refractivity contribution in [1.82, 2.24) is 0 Å². The van der Waals surface area contributed by atoms with Crippen LogP contribution in [-0.4, -0.2) is 17.9 Å². The summed E-state index contributed by atoms with van der Waals surface area (Å²) in [7, 11) is 1.47. The average Bonchev–Trinajstić information content (AvgIpc) is 1.92. The number of hydrogen-bond acceptors (Lipinski definition) is 2. The van der Waals surface area contributed by atoms with Gasteiger partial charge in [0.15, 0.2) is 0 Å². The van der Waals surface area contributed by atoms with E-state index in [0.29, 0.717) is 10.2 Å². The predicted octanol–water partition coefficient (Wildman–Crippen LogP) is 2.11. The van der Waals surface area contributed by atoms with Gasteiger partial charge in [-0.2, -0.15) is 0 Å². The van der Waals surface area contributed by atoms with E-state index in [1.165, 1.54) is 20.0 Å². The van der Waals surface area contributed by atoms with Crippen LogP contribution >= 0.6 is 15.9 Å². The van der Waals surface area contributed by atoms with Gasteiger partial charge in [-0.05, 0) is 31.1 Å². The highest BCUT2D eigenvalue weighted by Crippen LogP contribution is 2.60. The number of hydrogen-bond donors (Lipinski definition) is 0.